The normalized spacial score (nSPS) is 10.5. The van der Waals surface area contributed by atoms with Gasteiger partial charge in [-0.1, -0.05) is 0 Å². The number of hydrogen-bond donors (Lipinski definition) is 2. The molecule has 30 heavy (non-hydrogen) atoms. The van der Waals surface area contributed by atoms with Crippen LogP contribution >= 0.6 is 0 Å². The van der Waals surface area contributed by atoms with E-state index in [2.05, 4.69) is 10.3 Å². The lowest BCUT2D eigenvalue weighted by Crippen LogP contribution is -2.21. The highest BCUT2D eigenvalue weighted by molar-refractivity contribution is 6.00. The zero-order valence-corrected chi connectivity index (χ0v) is 17.9. The predicted molar refractivity (Wildman–Crippen MR) is 109 cm³/mol. The molecule has 1 amide bonds. The molecule has 2 N–H and O–H groups in total. The van der Waals surface area contributed by atoms with Gasteiger partial charge in [-0.15, -0.1) is 0 Å². The third-order valence-electron chi connectivity index (χ3n) is 4.20. The van der Waals surface area contributed by atoms with E-state index in [0.29, 0.717) is 28.4 Å². The largest absolute Gasteiger partial charge is 0.497 e. The number of hydrogen-bond acceptors (Lipinski definition) is 7. The summed E-state index contributed by atoms with van der Waals surface area (Å²) in [5, 5.41) is 2.61. The molecule has 1 aromatic carbocycles. The molecule has 1 aromatic heterocycles. The molecule has 0 aliphatic carbocycles. The summed E-state index contributed by atoms with van der Waals surface area (Å²) in [5.41, 5.74) is 1.63. The Bertz CT molecular complexity index is 947. The van der Waals surface area contributed by atoms with Crippen molar-refractivity contribution in [2.24, 2.45) is 0 Å². The van der Waals surface area contributed by atoms with Gasteiger partial charge in [-0.2, -0.15) is 0 Å². The minimum Gasteiger partial charge on any atom is -0.497 e. The van der Waals surface area contributed by atoms with Crippen molar-refractivity contribution in [3.05, 3.63) is 40.7 Å². The number of esters is 2. The Balaban J connectivity index is 2.06. The van der Waals surface area contributed by atoms with E-state index in [9.17, 15) is 14.4 Å². The molecule has 0 saturated heterocycles. The number of H-pyrrole nitrogens is 1. The molecule has 2 rings (SSSR count). The molecule has 0 atom stereocenters. The molecule has 2 aromatic rings. The number of aromatic amines is 1. The van der Waals surface area contributed by atoms with E-state index in [1.54, 1.807) is 45.9 Å². The molecule has 0 aliphatic rings. The Morgan fingerprint density at radius 2 is 1.77 bits per heavy atom. The Kier molecular flexibility index (Phi) is 7.46. The van der Waals surface area contributed by atoms with E-state index >= 15 is 0 Å². The Morgan fingerprint density at radius 3 is 2.37 bits per heavy atom. The summed E-state index contributed by atoms with van der Waals surface area (Å²) in [4.78, 5) is 39.7. The highest BCUT2D eigenvalue weighted by Crippen LogP contribution is 2.28. The molecule has 162 valence electrons. The monoisotopic (exact) mass is 418 g/mol. The lowest BCUT2D eigenvalue weighted by atomic mass is 10.1. The Hall–Kier alpha value is -3.49. The first-order chi connectivity index (χ1) is 14.2. The number of amides is 1. The van der Waals surface area contributed by atoms with Crippen LogP contribution in [0.3, 0.4) is 0 Å². The maximum absolute atomic E-state index is 12.4. The number of aryl methyl sites for hydroxylation is 1. The van der Waals surface area contributed by atoms with Gasteiger partial charge < -0.3 is 29.2 Å². The number of carbonyl (C=O) groups is 3. The summed E-state index contributed by atoms with van der Waals surface area (Å²) in [5.74, 6) is -0.888. The van der Waals surface area contributed by atoms with Crippen molar-refractivity contribution in [3.8, 4) is 11.5 Å². The highest BCUT2D eigenvalue weighted by atomic mass is 16.5. The van der Waals surface area contributed by atoms with E-state index in [0.717, 1.165) is 0 Å². The van der Waals surface area contributed by atoms with Crippen LogP contribution in [0.5, 0.6) is 11.5 Å². The molecular formula is C21H26N2O7. The zero-order chi connectivity index (χ0) is 22.4. The molecule has 1 heterocycles. The van der Waals surface area contributed by atoms with Crippen molar-refractivity contribution < 1.29 is 33.3 Å². The van der Waals surface area contributed by atoms with Gasteiger partial charge in [-0.3, -0.25) is 4.79 Å². The standard InChI is InChI=1S/C21H26N2O7/c1-11(2)30-20(25)18-12(3)19(22-13(18)4)21(26)29-10-17(24)23-15-9-14(27-5)7-8-16(15)28-6/h7-9,11,22H,10H2,1-6H3,(H,23,24). The van der Waals surface area contributed by atoms with Gasteiger partial charge in [0.15, 0.2) is 6.61 Å². The van der Waals surface area contributed by atoms with Crippen LogP contribution in [0.25, 0.3) is 0 Å². The average Bonchev–Trinajstić information content (AvgIpc) is 2.99. The first-order valence-electron chi connectivity index (χ1n) is 9.27. The number of aromatic nitrogens is 1. The molecule has 0 saturated carbocycles. The molecule has 0 radical (unpaired) electrons. The Morgan fingerprint density at radius 1 is 1.07 bits per heavy atom. The van der Waals surface area contributed by atoms with Gasteiger partial charge in [0.2, 0.25) is 0 Å². The van der Waals surface area contributed by atoms with Crippen molar-refractivity contribution in [3.63, 3.8) is 0 Å². The maximum atomic E-state index is 12.4. The molecule has 0 spiro atoms. The van der Waals surface area contributed by atoms with Crippen LogP contribution in [-0.2, 0) is 14.3 Å². The number of carbonyl (C=O) groups excluding carboxylic acids is 3. The van der Waals surface area contributed by atoms with E-state index in [1.807, 2.05) is 0 Å². The molecule has 0 unspecified atom stereocenters. The molecule has 9 heteroatoms. The lowest BCUT2D eigenvalue weighted by molar-refractivity contribution is -0.119. The van der Waals surface area contributed by atoms with Gasteiger partial charge in [0.1, 0.15) is 17.2 Å². The smallest absolute Gasteiger partial charge is 0.355 e. The van der Waals surface area contributed by atoms with Crippen LogP contribution in [0, 0.1) is 13.8 Å². The fourth-order valence-electron chi connectivity index (χ4n) is 2.83. The first-order valence-corrected chi connectivity index (χ1v) is 9.27. The summed E-state index contributed by atoms with van der Waals surface area (Å²) in [6, 6.07) is 4.92. The van der Waals surface area contributed by atoms with Crippen molar-refractivity contribution in [2.75, 3.05) is 26.1 Å². The van der Waals surface area contributed by atoms with Crippen LogP contribution in [0.15, 0.2) is 18.2 Å². The summed E-state index contributed by atoms with van der Waals surface area (Å²) >= 11 is 0. The van der Waals surface area contributed by atoms with E-state index in [-0.39, 0.29) is 17.4 Å². The second-order valence-electron chi connectivity index (χ2n) is 6.77. The van der Waals surface area contributed by atoms with E-state index in [1.165, 1.54) is 14.2 Å². The predicted octanol–water partition coefficient (Wildman–Crippen LogP) is 3.01. The van der Waals surface area contributed by atoms with Crippen LogP contribution in [0.2, 0.25) is 0 Å². The van der Waals surface area contributed by atoms with Crippen molar-refractivity contribution >= 4 is 23.5 Å². The van der Waals surface area contributed by atoms with Gasteiger partial charge in [-0.25, -0.2) is 9.59 Å². The summed E-state index contributed by atoms with van der Waals surface area (Å²) < 4.78 is 20.6. The van der Waals surface area contributed by atoms with Gasteiger partial charge in [-0.05, 0) is 45.4 Å². The van der Waals surface area contributed by atoms with Crippen LogP contribution in [-0.4, -0.2) is 49.8 Å². The summed E-state index contributed by atoms with van der Waals surface area (Å²) in [6.45, 7) is 6.21. The van der Waals surface area contributed by atoms with Crippen LogP contribution in [0.4, 0.5) is 5.69 Å². The molecule has 0 fully saturated rings. The fourth-order valence-corrected chi connectivity index (χ4v) is 2.83. The summed E-state index contributed by atoms with van der Waals surface area (Å²) in [6.07, 6.45) is -0.293. The lowest BCUT2D eigenvalue weighted by Gasteiger charge is -2.12. The third-order valence-corrected chi connectivity index (χ3v) is 4.20. The number of anilines is 1. The minimum atomic E-state index is -0.757. The van der Waals surface area contributed by atoms with Gasteiger partial charge in [0, 0.05) is 11.8 Å². The number of methoxy groups -OCH3 is 2. The van der Waals surface area contributed by atoms with Gasteiger partial charge in [0.05, 0.1) is 31.6 Å². The minimum absolute atomic E-state index is 0.0926. The van der Waals surface area contributed by atoms with E-state index in [4.69, 9.17) is 18.9 Å². The SMILES string of the molecule is COc1ccc(OC)c(NC(=O)COC(=O)c2[nH]c(C)c(C(=O)OC(C)C)c2C)c1. The maximum Gasteiger partial charge on any atom is 0.355 e. The second kappa shape index (κ2) is 9.82. The van der Waals surface area contributed by atoms with Crippen molar-refractivity contribution in [1.29, 1.82) is 0 Å². The number of ether oxygens (including phenoxy) is 4. The van der Waals surface area contributed by atoms with Gasteiger partial charge in [0.25, 0.3) is 5.91 Å². The molecule has 0 aliphatic heterocycles. The highest BCUT2D eigenvalue weighted by Gasteiger charge is 2.25. The molecular weight excluding hydrogens is 392 g/mol. The fraction of sp³-hybridized carbons (Fsp3) is 0.381. The molecule has 0 bridgehead atoms. The Labute approximate surface area is 174 Å². The zero-order valence-electron chi connectivity index (χ0n) is 17.9. The summed E-state index contributed by atoms with van der Waals surface area (Å²) in [7, 11) is 2.97. The van der Waals surface area contributed by atoms with Crippen molar-refractivity contribution in [1.82, 2.24) is 4.98 Å². The number of benzene rings is 1. The van der Waals surface area contributed by atoms with Crippen LogP contribution < -0.4 is 14.8 Å². The van der Waals surface area contributed by atoms with Crippen LogP contribution in [0.1, 0.15) is 46.0 Å². The topological polar surface area (TPSA) is 116 Å². The first kappa shape index (κ1) is 22.8. The average molecular weight is 418 g/mol. The van der Waals surface area contributed by atoms with Gasteiger partial charge >= 0.3 is 11.9 Å². The van der Waals surface area contributed by atoms with E-state index < -0.39 is 24.5 Å². The quantitative estimate of drug-likeness (QED) is 0.633. The number of nitrogens with one attached hydrogen (secondary N) is 2. The second-order valence-corrected chi connectivity index (χ2v) is 6.77. The molecule has 9 nitrogen and oxygen atoms in total. The number of rotatable bonds is 8. The third kappa shape index (κ3) is 5.31. The van der Waals surface area contributed by atoms with Crippen molar-refractivity contribution in [2.45, 2.75) is 33.8 Å².